The Labute approximate surface area is 100 Å². The topological polar surface area (TPSA) is 15.8 Å². The van der Waals surface area contributed by atoms with Crippen LogP contribution in [0.3, 0.4) is 0 Å². The van der Waals surface area contributed by atoms with Crippen LogP contribution >= 0.6 is 0 Å². The number of hydrogen-bond donors (Lipinski definition) is 1. The molecule has 88 valence electrons. The molecule has 0 unspecified atom stereocenters. The average Bonchev–Trinajstić information content (AvgIpc) is 2.73. The maximum Gasteiger partial charge on any atom is 0.123 e. The molecular formula is C15H16FN. The third-order valence-corrected chi connectivity index (χ3v) is 3.81. The number of aromatic nitrogens is 1. The van der Waals surface area contributed by atoms with E-state index in [-0.39, 0.29) is 5.82 Å². The third kappa shape index (κ3) is 1.88. The molecule has 0 saturated heterocycles. The average molecular weight is 229 g/mol. The van der Waals surface area contributed by atoms with Gasteiger partial charge in [0.15, 0.2) is 0 Å². The van der Waals surface area contributed by atoms with Crippen LogP contribution in [0.15, 0.2) is 36.5 Å². The monoisotopic (exact) mass is 229 g/mol. The molecule has 0 amide bonds. The van der Waals surface area contributed by atoms with Gasteiger partial charge in [-0.15, -0.1) is 0 Å². The van der Waals surface area contributed by atoms with Crippen molar-refractivity contribution in [1.82, 2.24) is 4.98 Å². The van der Waals surface area contributed by atoms with Crippen molar-refractivity contribution < 1.29 is 4.39 Å². The zero-order valence-corrected chi connectivity index (χ0v) is 9.80. The maximum absolute atomic E-state index is 13.3. The molecule has 0 radical (unpaired) electrons. The van der Waals surface area contributed by atoms with E-state index in [1.807, 2.05) is 12.3 Å². The van der Waals surface area contributed by atoms with E-state index >= 15 is 0 Å². The van der Waals surface area contributed by atoms with Crippen molar-refractivity contribution in [1.29, 1.82) is 0 Å². The summed E-state index contributed by atoms with van der Waals surface area (Å²) in [6, 6.07) is 4.96. The number of fused-ring (bicyclic) bond motifs is 1. The number of nitrogens with one attached hydrogen (secondary N) is 1. The first-order valence-corrected chi connectivity index (χ1v) is 6.17. The molecule has 0 spiro atoms. The fourth-order valence-electron chi connectivity index (χ4n) is 2.79. The lowest BCUT2D eigenvalue weighted by Gasteiger charge is -2.23. The Morgan fingerprint density at radius 2 is 2.00 bits per heavy atom. The molecule has 1 N–H and O–H groups in total. The lowest BCUT2D eigenvalue weighted by molar-refractivity contribution is 0.520. The van der Waals surface area contributed by atoms with E-state index in [9.17, 15) is 4.39 Å². The maximum atomic E-state index is 13.3. The van der Waals surface area contributed by atoms with E-state index in [2.05, 4.69) is 11.6 Å². The van der Waals surface area contributed by atoms with Crippen molar-refractivity contribution in [2.75, 3.05) is 0 Å². The molecule has 17 heavy (non-hydrogen) atoms. The molecule has 0 aliphatic heterocycles. The summed E-state index contributed by atoms with van der Waals surface area (Å²) in [5.74, 6) is 0.398. The Balaban J connectivity index is 1.99. The standard InChI is InChI=1S/C15H16FN/c1-10-2-4-11(5-3-10)14-9-17-15-7-6-12(16)8-13(14)15/h6-9,11,17H,1-5H2. The molecule has 3 rings (SSSR count). The van der Waals surface area contributed by atoms with Crippen molar-refractivity contribution in [3.05, 3.63) is 47.9 Å². The van der Waals surface area contributed by atoms with Crippen molar-refractivity contribution in [3.8, 4) is 0 Å². The van der Waals surface area contributed by atoms with Gasteiger partial charge in [0, 0.05) is 17.1 Å². The molecule has 1 aliphatic carbocycles. The highest BCUT2D eigenvalue weighted by molar-refractivity contribution is 5.83. The van der Waals surface area contributed by atoms with Gasteiger partial charge in [0.1, 0.15) is 5.82 Å². The van der Waals surface area contributed by atoms with Gasteiger partial charge < -0.3 is 4.98 Å². The fraction of sp³-hybridized carbons (Fsp3) is 0.333. The molecular weight excluding hydrogens is 213 g/mol. The van der Waals surface area contributed by atoms with Crippen LogP contribution in [0.2, 0.25) is 0 Å². The number of allylic oxidation sites excluding steroid dienone is 1. The lowest BCUT2D eigenvalue weighted by Crippen LogP contribution is -2.05. The summed E-state index contributed by atoms with van der Waals surface area (Å²) >= 11 is 0. The van der Waals surface area contributed by atoms with E-state index in [4.69, 9.17) is 0 Å². The quantitative estimate of drug-likeness (QED) is 0.692. The summed E-state index contributed by atoms with van der Waals surface area (Å²) in [7, 11) is 0. The molecule has 1 fully saturated rings. The Bertz CT molecular complexity index is 557. The summed E-state index contributed by atoms with van der Waals surface area (Å²) in [6.45, 7) is 4.04. The van der Waals surface area contributed by atoms with Crippen LogP contribution < -0.4 is 0 Å². The Hall–Kier alpha value is -1.57. The SMILES string of the molecule is C=C1CCC(c2c[nH]c3ccc(F)cc23)CC1. The predicted octanol–water partition coefficient (Wildman–Crippen LogP) is 4.52. The van der Waals surface area contributed by atoms with Crippen LogP contribution in [0.5, 0.6) is 0 Å². The van der Waals surface area contributed by atoms with Crippen molar-refractivity contribution in [2.24, 2.45) is 0 Å². The molecule has 2 heteroatoms. The van der Waals surface area contributed by atoms with Crippen LogP contribution in [0.1, 0.15) is 37.2 Å². The van der Waals surface area contributed by atoms with Crippen LogP contribution in [-0.2, 0) is 0 Å². The normalized spacial score (nSPS) is 17.8. The highest BCUT2D eigenvalue weighted by Crippen LogP contribution is 2.37. The van der Waals surface area contributed by atoms with Crippen LogP contribution in [0.4, 0.5) is 4.39 Å². The second-order valence-corrected chi connectivity index (χ2v) is 4.96. The first-order chi connectivity index (χ1) is 8.24. The third-order valence-electron chi connectivity index (χ3n) is 3.81. The van der Waals surface area contributed by atoms with Gasteiger partial charge in [-0.05, 0) is 55.4 Å². The number of H-pyrrole nitrogens is 1. The van der Waals surface area contributed by atoms with E-state index in [1.165, 1.54) is 17.2 Å². The molecule has 2 aromatic rings. The number of aromatic amines is 1. The Kier molecular flexibility index (Phi) is 2.50. The molecule has 1 heterocycles. The van der Waals surface area contributed by atoms with Crippen molar-refractivity contribution in [3.63, 3.8) is 0 Å². The molecule has 1 aromatic heterocycles. The summed E-state index contributed by atoms with van der Waals surface area (Å²) < 4.78 is 13.3. The van der Waals surface area contributed by atoms with E-state index in [0.29, 0.717) is 5.92 Å². The van der Waals surface area contributed by atoms with Crippen molar-refractivity contribution in [2.45, 2.75) is 31.6 Å². The van der Waals surface area contributed by atoms with Gasteiger partial charge in [-0.1, -0.05) is 12.2 Å². The first kappa shape index (κ1) is 10.6. The van der Waals surface area contributed by atoms with Gasteiger partial charge in [-0.2, -0.15) is 0 Å². The largest absolute Gasteiger partial charge is 0.361 e. The van der Waals surface area contributed by atoms with Crippen LogP contribution in [0, 0.1) is 5.82 Å². The highest BCUT2D eigenvalue weighted by atomic mass is 19.1. The highest BCUT2D eigenvalue weighted by Gasteiger charge is 2.20. The summed E-state index contributed by atoms with van der Waals surface area (Å²) in [5, 5.41) is 1.04. The predicted molar refractivity (Wildman–Crippen MR) is 68.6 cm³/mol. The minimum absolute atomic E-state index is 0.154. The van der Waals surface area contributed by atoms with Gasteiger partial charge in [0.05, 0.1) is 0 Å². The minimum Gasteiger partial charge on any atom is -0.361 e. The van der Waals surface area contributed by atoms with Gasteiger partial charge >= 0.3 is 0 Å². The lowest BCUT2D eigenvalue weighted by atomic mass is 9.82. The van der Waals surface area contributed by atoms with Crippen LogP contribution in [-0.4, -0.2) is 4.98 Å². The van der Waals surface area contributed by atoms with E-state index in [1.54, 1.807) is 6.07 Å². The molecule has 0 bridgehead atoms. The smallest absolute Gasteiger partial charge is 0.123 e. The molecule has 1 saturated carbocycles. The van der Waals surface area contributed by atoms with Gasteiger partial charge in [0.2, 0.25) is 0 Å². The zero-order chi connectivity index (χ0) is 11.8. The first-order valence-electron chi connectivity index (χ1n) is 6.17. The van der Waals surface area contributed by atoms with Gasteiger partial charge in [-0.25, -0.2) is 4.39 Å². The second kappa shape index (κ2) is 4.02. The fourth-order valence-corrected chi connectivity index (χ4v) is 2.79. The molecule has 1 nitrogen and oxygen atoms in total. The summed E-state index contributed by atoms with van der Waals surface area (Å²) in [6.07, 6.45) is 6.53. The van der Waals surface area contributed by atoms with E-state index < -0.39 is 0 Å². The summed E-state index contributed by atoms with van der Waals surface area (Å²) in [4.78, 5) is 3.23. The number of hydrogen-bond acceptors (Lipinski definition) is 0. The molecule has 1 aliphatic rings. The molecule has 0 atom stereocenters. The Morgan fingerprint density at radius 1 is 1.24 bits per heavy atom. The molecule has 1 aromatic carbocycles. The number of halogens is 1. The van der Waals surface area contributed by atoms with E-state index in [0.717, 1.165) is 36.6 Å². The van der Waals surface area contributed by atoms with Crippen LogP contribution in [0.25, 0.3) is 10.9 Å². The number of benzene rings is 1. The van der Waals surface area contributed by atoms with Gasteiger partial charge in [-0.3, -0.25) is 0 Å². The number of rotatable bonds is 1. The Morgan fingerprint density at radius 3 is 2.76 bits per heavy atom. The zero-order valence-electron chi connectivity index (χ0n) is 9.80. The minimum atomic E-state index is -0.154. The van der Waals surface area contributed by atoms with Crippen molar-refractivity contribution >= 4 is 10.9 Å². The summed E-state index contributed by atoms with van der Waals surface area (Å²) in [5.41, 5.74) is 3.66. The second-order valence-electron chi connectivity index (χ2n) is 4.96. The van der Waals surface area contributed by atoms with Gasteiger partial charge in [0.25, 0.3) is 0 Å².